The van der Waals surface area contributed by atoms with Crippen LogP contribution in [0.5, 0.6) is 0 Å². The van der Waals surface area contributed by atoms with Gasteiger partial charge in [-0.3, -0.25) is 9.69 Å². The molecule has 1 aliphatic heterocycles. The fourth-order valence-corrected chi connectivity index (χ4v) is 2.32. The van der Waals surface area contributed by atoms with E-state index >= 15 is 0 Å². The minimum atomic E-state index is -4.43. The van der Waals surface area contributed by atoms with Crippen LogP contribution in [0.15, 0.2) is 0 Å². The van der Waals surface area contributed by atoms with Crippen LogP contribution in [0.3, 0.4) is 0 Å². The molecule has 0 spiro atoms. The molecule has 0 radical (unpaired) electrons. The third-order valence-corrected chi connectivity index (χ3v) is 3.50. The maximum Gasteiger partial charge on any atom is 0.411 e. The topological polar surface area (TPSA) is 71.1 Å². The summed E-state index contributed by atoms with van der Waals surface area (Å²) in [6.45, 7) is 7.10. The number of carbonyl (C=O) groups is 2. The number of nitrogens with zero attached hydrogens (tertiary/aromatic N) is 2. The minimum Gasteiger partial charge on any atom is -0.444 e. The van der Waals surface area contributed by atoms with E-state index in [1.165, 1.54) is 0 Å². The molecular weight excluding hydrogens is 355 g/mol. The predicted octanol–water partition coefficient (Wildman–Crippen LogP) is 1.62. The Labute approximate surface area is 151 Å². The van der Waals surface area contributed by atoms with Gasteiger partial charge in [0.05, 0.1) is 0 Å². The monoisotopic (exact) mass is 383 g/mol. The fourth-order valence-electron chi connectivity index (χ4n) is 2.32. The summed E-state index contributed by atoms with van der Waals surface area (Å²) in [7, 11) is 0. The largest absolute Gasteiger partial charge is 0.444 e. The molecule has 0 aromatic rings. The van der Waals surface area contributed by atoms with Crippen molar-refractivity contribution in [2.75, 3.05) is 52.5 Å². The van der Waals surface area contributed by atoms with E-state index in [2.05, 4.69) is 15.0 Å². The first-order valence-electron chi connectivity index (χ1n) is 8.58. The van der Waals surface area contributed by atoms with Gasteiger partial charge in [-0.1, -0.05) is 0 Å². The minimum absolute atomic E-state index is 0.316. The highest BCUT2D eigenvalue weighted by atomic mass is 19.4. The lowest BCUT2D eigenvalue weighted by atomic mass is 10.2. The summed E-state index contributed by atoms with van der Waals surface area (Å²) in [5.74, 6) is -0.566. The molecule has 1 rings (SSSR count). The first kappa shape index (κ1) is 22.5. The average molecular weight is 383 g/mol. The average Bonchev–Trinajstić information content (AvgIpc) is 2.49. The number of nitrogens with one attached hydrogen (secondary N) is 1. The first-order valence-corrected chi connectivity index (χ1v) is 8.58. The zero-order valence-electron chi connectivity index (χ0n) is 15.5. The molecule has 0 aromatic carbocycles. The normalized spacial score (nSPS) is 16.5. The maximum atomic E-state index is 12.0. The number of amides is 2. The van der Waals surface area contributed by atoms with Crippen molar-refractivity contribution in [3.63, 3.8) is 0 Å². The Kier molecular flexibility index (Phi) is 8.61. The van der Waals surface area contributed by atoms with E-state index in [1.54, 1.807) is 4.90 Å². The lowest BCUT2D eigenvalue weighted by Crippen LogP contribution is -2.50. The van der Waals surface area contributed by atoms with Gasteiger partial charge in [0.2, 0.25) is 5.91 Å². The molecule has 7 nitrogen and oxygen atoms in total. The Balaban J connectivity index is 2.10. The van der Waals surface area contributed by atoms with Crippen molar-refractivity contribution in [2.45, 2.75) is 39.0 Å². The van der Waals surface area contributed by atoms with Gasteiger partial charge in [0, 0.05) is 32.7 Å². The van der Waals surface area contributed by atoms with E-state index in [0.29, 0.717) is 39.1 Å². The zero-order valence-corrected chi connectivity index (χ0v) is 15.5. The maximum absolute atomic E-state index is 12.0. The summed E-state index contributed by atoms with van der Waals surface area (Å²) in [5, 5.41) is 2.52. The summed E-state index contributed by atoms with van der Waals surface area (Å²) in [4.78, 5) is 27.1. The summed E-state index contributed by atoms with van der Waals surface area (Å²) in [5.41, 5.74) is -0.518. The van der Waals surface area contributed by atoms with Crippen molar-refractivity contribution in [2.24, 2.45) is 0 Å². The Bertz CT molecular complexity index is 459. The van der Waals surface area contributed by atoms with Crippen LogP contribution in [0.1, 0.15) is 27.2 Å². The molecule has 1 N–H and O–H groups in total. The van der Waals surface area contributed by atoms with E-state index in [0.717, 1.165) is 6.54 Å². The number of ether oxygens (including phenoxy) is 2. The Morgan fingerprint density at radius 1 is 1.08 bits per heavy atom. The van der Waals surface area contributed by atoms with Crippen LogP contribution in [-0.2, 0) is 14.3 Å². The number of halogens is 3. The van der Waals surface area contributed by atoms with Gasteiger partial charge < -0.3 is 19.7 Å². The van der Waals surface area contributed by atoms with Crippen molar-refractivity contribution >= 4 is 12.0 Å². The molecule has 1 heterocycles. The second kappa shape index (κ2) is 9.96. The molecule has 0 bridgehead atoms. The lowest BCUT2D eigenvalue weighted by Gasteiger charge is -2.35. The van der Waals surface area contributed by atoms with E-state index in [9.17, 15) is 22.8 Å². The van der Waals surface area contributed by atoms with Crippen LogP contribution >= 0.6 is 0 Å². The highest BCUT2D eigenvalue weighted by Crippen LogP contribution is 2.14. The molecule has 152 valence electrons. The van der Waals surface area contributed by atoms with Crippen molar-refractivity contribution in [3.05, 3.63) is 0 Å². The van der Waals surface area contributed by atoms with Crippen LogP contribution < -0.4 is 5.32 Å². The highest BCUT2D eigenvalue weighted by Gasteiger charge is 2.28. The first-order chi connectivity index (χ1) is 12.0. The zero-order chi connectivity index (χ0) is 19.8. The summed E-state index contributed by atoms with van der Waals surface area (Å²) >= 11 is 0. The molecule has 1 saturated heterocycles. The van der Waals surface area contributed by atoms with Gasteiger partial charge in [-0.2, -0.15) is 13.2 Å². The smallest absolute Gasteiger partial charge is 0.411 e. The second-order valence-electron chi connectivity index (χ2n) is 7.12. The van der Waals surface area contributed by atoms with Gasteiger partial charge in [-0.05, 0) is 33.7 Å². The van der Waals surface area contributed by atoms with Crippen LogP contribution in [0, 0.1) is 0 Å². The van der Waals surface area contributed by atoms with Crippen LogP contribution in [-0.4, -0.2) is 86.1 Å². The van der Waals surface area contributed by atoms with Gasteiger partial charge in [0.1, 0.15) is 18.8 Å². The van der Waals surface area contributed by atoms with Gasteiger partial charge >= 0.3 is 12.3 Å². The predicted molar refractivity (Wildman–Crippen MR) is 88.7 cm³/mol. The fraction of sp³-hybridized carbons (Fsp3) is 0.875. The second-order valence-corrected chi connectivity index (χ2v) is 7.12. The number of hydrogen-bond donors (Lipinski definition) is 1. The molecule has 2 amide bonds. The molecule has 26 heavy (non-hydrogen) atoms. The third-order valence-electron chi connectivity index (χ3n) is 3.50. The Morgan fingerprint density at radius 2 is 1.69 bits per heavy atom. The highest BCUT2D eigenvalue weighted by molar-refractivity contribution is 5.77. The molecule has 1 fully saturated rings. The Morgan fingerprint density at radius 3 is 2.23 bits per heavy atom. The van der Waals surface area contributed by atoms with Gasteiger partial charge in [-0.15, -0.1) is 0 Å². The van der Waals surface area contributed by atoms with E-state index in [4.69, 9.17) is 4.74 Å². The quantitative estimate of drug-likeness (QED) is 0.677. The molecular formula is C16H28F3N3O4. The molecule has 0 atom stereocenters. The van der Waals surface area contributed by atoms with Crippen molar-refractivity contribution < 1.29 is 32.2 Å². The van der Waals surface area contributed by atoms with Crippen molar-refractivity contribution in [1.82, 2.24) is 15.1 Å². The molecule has 0 aromatic heterocycles. The number of carbonyl (C=O) groups excluding carboxylic acids is 2. The van der Waals surface area contributed by atoms with Gasteiger partial charge in [0.15, 0.2) is 0 Å². The summed E-state index contributed by atoms with van der Waals surface area (Å²) in [6.07, 6.45) is -4.08. The molecule has 10 heteroatoms. The van der Waals surface area contributed by atoms with Gasteiger partial charge in [-0.25, -0.2) is 4.79 Å². The van der Waals surface area contributed by atoms with Crippen LogP contribution in [0.2, 0.25) is 0 Å². The number of alkyl halides is 3. The molecule has 0 aliphatic carbocycles. The van der Waals surface area contributed by atoms with E-state index in [1.807, 2.05) is 20.8 Å². The molecule has 0 saturated carbocycles. The Hall–Kier alpha value is -1.55. The van der Waals surface area contributed by atoms with E-state index < -0.39 is 30.9 Å². The van der Waals surface area contributed by atoms with Crippen LogP contribution in [0.4, 0.5) is 18.0 Å². The van der Waals surface area contributed by atoms with Gasteiger partial charge in [0.25, 0.3) is 0 Å². The van der Waals surface area contributed by atoms with E-state index in [-0.39, 0.29) is 6.09 Å². The number of hydrogen-bond acceptors (Lipinski definition) is 5. The molecule has 0 unspecified atom stereocenters. The van der Waals surface area contributed by atoms with Crippen molar-refractivity contribution in [1.29, 1.82) is 0 Å². The lowest BCUT2D eigenvalue weighted by molar-refractivity contribution is -0.175. The van der Waals surface area contributed by atoms with Crippen LogP contribution in [0.25, 0.3) is 0 Å². The SMILES string of the molecule is CC(C)(C)OC(=O)N1CCN(CCCNC(=O)COCC(F)(F)F)CC1. The number of piperazine rings is 1. The number of rotatable bonds is 7. The van der Waals surface area contributed by atoms with Crippen molar-refractivity contribution in [3.8, 4) is 0 Å². The summed E-state index contributed by atoms with van der Waals surface area (Å²) in [6, 6.07) is 0. The standard InChI is InChI=1S/C16H28F3N3O4/c1-15(2,3)26-14(24)22-9-7-21(8-10-22)6-4-5-20-13(23)11-25-12-16(17,18)19/h4-12H2,1-3H3,(H,20,23). The third kappa shape index (κ3) is 10.4. The molecule has 1 aliphatic rings. The summed E-state index contributed by atoms with van der Waals surface area (Å²) < 4.78 is 45.3.